The van der Waals surface area contributed by atoms with Gasteiger partial charge in [-0.25, -0.2) is 4.79 Å². The first-order valence-electron chi connectivity index (χ1n) is 11.3. The standard InChI is InChI=1S/C25H24BrCl2N3O5/c1-36-15-6-8-25(9-7-15)21(20(26)22(25)32)31-18(24(34)35)10-13-2-4-14(5-3-13)30-23(33)19-16(27)11-29-12-17(19)28/h2-5,11-12,15,18,31H,6-10H2,1H3,(H,30,33)(H,34,35). The van der Waals surface area contributed by atoms with E-state index < -0.39 is 23.3 Å². The molecule has 1 aromatic heterocycles. The van der Waals surface area contributed by atoms with Gasteiger partial charge in [0.1, 0.15) is 6.04 Å². The van der Waals surface area contributed by atoms with Gasteiger partial charge >= 0.3 is 5.97 Å². The number of anilines is 1. The topological polar surface area (TPSA) is 118 Å². The van der Waals surface area contributed by atoms with Gasteiger partial charge in [-0.2, -0.15) is 0 Å². The number of nitrogens with one attached hydrogen (secondary N) is 2. The summed E-state index contributed by atoms with van der Waals surface area (Å²) in [4.78, 5) is 41.2. The average molecular weight is 597 g/mol. The number of Topliss-reactive ketones (excluding diaryl/α,β-unsaturated/α-hetero) is 1. The maximum absolute atomic E-state index is 12.7. The highest BCUT2D eigenvalue weighted by molar-refractivity contribution is 9.12. The SMILES string of the molecule is COC1CCC2(CC1)C(=O)C(Br)=C2NC(Cc1ccc(NC(=O)c2c(Cl)cncc2Cl)cc1)C(=O)O. The predicted molar refractivity (Wildman–Crippen MR) is 140 cm³/mol. The molecule has 1 fully saturated rings. The summed E-state index contributed by atoms with van der Waals surface area (Å²) in [6.07, 6.45) is 5.69. The van der Waals surface area contributed by atoms with Crippen molar-refractivity contribution < 1.29 is 24.2 Å². The van der Waals surface area contributed by atoms with E-state index in [9.17, 15) is 19.5 Å². The number of amides is 1. The number of carbonyl (C=O) groups is 3. The first-order valence-corrected chi connectivity index (χ1v) is 12.9. The highest BCUT2D eigenvalue weighted by atomic mass is 79.9. The van der Waals surface area contributed by atoms with Crippen molar-refractivity contribution in [2.24, 2.45) is 5.41 Å². The van der Waals surface area contributed by atoms with Gasteiger partial charge < -0.3 is 20.5 Å². The lowest BCUT2D eigenvalue weighted by molar-refractivity contribution is -0.140. The second-order valence-electron chi connectivity index (χ2n) is 8.90. The molecule has 3 N–H and O–H groups in total. The normalized spacial score (nSPS) is 22.2. The Hall–Kier alpha value is -2.46. The number of pyridine rings is 1. The third kappa shape index (κ3) is 5.16. The van der Waals surface area contributed by atoms with E-state index in [1.807, 2.05) is 0 Å². The number of ketones is 1. The van der Waals surface area contributed by atoms with Crippen LogP contribution in [0.2, 0.25) is 10.0 Å². The first-order chi connectivity index (χ1) is 17.2. The molecule has 2 aliphatic rings. The van der Waals surface area contributed by atoms with Crippen molar-refractivity contribution in [3.05, 3.63) is 68.0 Å². The molecule has 1 aromatic carbocycles. The lowest BCUT2D eigenvalue weighted by Gasteiger charge is -2.47. The maximum atomic E-state index is 12.7. The van der Waals surface area contributed by atoms with Crippen LogP contribution in [-0.4, -0.2) is 47.0 Å². The van der Waals surface area contributed by atoms with Gasteiger partial charge in [-0.1, -0.05) is 35.3 Å². The second kappa shape index (κ2) is 10.9. The van der Waals surface area contributed by atoms with E-state index in [1.165, 1.54) is 12.4 Å². The van der Waals surface area contributed by atoms with E-state index in [0.29, 0.717) is 28.7 Å². The van der Waals surface area contributed by atoms with Crippen molar-refractivity contribution in [1.82, 2.24) is 10.3 Å². The number of nitrogens with zero attached hydrogens (tertiary/aromatic N) is 1. The summed E-state index contributed by atoms with van der Waals surface area (Å²) in [6, 6.07) is 5.87. The Kier molecular flexibility index (Phi) is 8.04. The molecule has 8 nitrogen and oxygen atoms in total. The van der Waals surface area contributed by atoms with Crippen molar-refractivity contribution in [3.63, 3.8) is 0 Å². The van der Waals surface area contributed by atoms with Crippen LogP contribution < -0.4 is 10.6 Å². The van der Waals surface area contributed by atoms with Gasteiger partial charge in [-0.15, -0.1) is 0 Å². The number of halogens is 3. The number of allylic oxidation sites excluding steroid dienone is 2. The quantitative estimate of drug-likeness (QED) is 0.393. The van der Waals surface area contributed by atoms with E-state index in [2.05, 4.69) is 31.5 Å². The maximum Gasteiger partial charge on any atom is 0.326 e. The van der Waals surface area contributed by atoms with E-state index in [0.717, 1.165) is 18.4 Å². The fourth-order valence-corrected chi connectivity index (χ4v) is 6.15. The van der Waals surface area contributed by atoms with Gasteiger partial charge in [-0.05, 0) is 59.3 Å². The number of carboxylic acid groups (broad SMARTS) is 1. The number of hydrogen-bond donors (Lipinski definition) is 3. The van der Waals surface area contributed by atoms with Crippen LogP contribution in [0.5, 0.6) is 0 Å². The van der Waals surface area contributed by atoms with Crippen LogP contribution in [0.4, 0.5) is 5.69 Å². The van der Waals surface area contributed by atoms with Crippen molar-refractivity contribution in [2.75, 3.05) is 12.4 Å². The highest BCUT2D eigenvalue weighted by Gasteiger charge is 2.55. The van der Waals surface area contributed by atoms with Crippen LogP contribution in [0, 0.1) is 5.41 Å². The molecule has 0 radical (unpaired) electrons. The third-order valence-corrected chi connectivity index (χ3v) is 8.13. The number of carbonyl (C=O) groups excluding carboxylic acids is 2. The average Bonchev–Trinajstić information content (AvgIpc) is 2.86. The number of hydrogen-bond acceptors (Lipinski definition) is 6. The molecule has 1 amide bonds. The Bertz CT molecular complexity index is 1210. The molecule has 0 bridgehead atoms. The van der Waals surface area contributed by atoms with Gasteiger partial charge in [0, 0.05) is 37.3 Å². The van der Waals surface area contributed by atoms with Gasteiger partial charge in [0.2, 0.25) is 0 Å². The van der Waals surface area contributed by atoms with Crippen LogP contribution in [0.1, 0.15) is 41.6 Å². The van der Waals surface area contributed by atoms with Crippen molar-refractivity contribution >= 4 is 62.5 Å². The minimum absolute atomic E-state index is 0.0122. The summed E-state index contributed by atoms with van der Waals surface area (Å²) in [7, 11) is 1.66. The minimum atomic E-state index is -1.03. The van der Waals surface area contributed by atoms with Crippen LogP contribution in [0.15, 0.2) is 46.8 Å². The Morgan fingerprint density at radius 2 is 1.81 bits per heavy atom. The second-order valence-corrected chi connectivity index (χ2v) is 10.5. The van der Waals surface area contributed by atoms with E-state index in [1.54, 1.807) is 31.4 Å². The zero-order valence-corrected chi connectivity index (χ0v) is 22.4. The zero-order chi connectivity index (χ0) is 26.0. The fraction of sp³-hybridized carbons (Fsp3) is 0.360. The zero-order valence-electron chi connectivity index (χ0n) is 19.3. The van der Waals surface area contributed by atoms with E-state index in [-0.39, 0.29) is 33.9 Å². The number of aromatic nitrogens is 1. The summed E-state index contributed by atoms with van der Waals surface area (Å²) in [5.41, 5.74) is 1.34. The Balaban J connectivity index is 1.44. The number of carboxylic acids is 1. The monoisotopic (exact) mass is 595 g/mol. The molecule has 0 saturated heterocycles. The highest BCUT2D eigenvalue weighted by Crippen LogP contribution is 2.53. The lowest BCUT2D eigenvalue weighted by Crippen LogP contribution is -2.54. The molecule has 11 heteroatoms. The fourth-order valence-electron chi connectivity index (χ4n) is 4.74. The molecular formula is C25H24BrCl2N3O5. The van der Waals surface area contributed by atoms with Crippen molar-refractivity contribution in [1.29, 1.82) is 0 Å². The summed E-state index contributed by atoms with van der Waals surface area (Å²) in [6.45, 7) is 0. The van der Waals surface area contributed by atoms with Crippen LogP contribution in [0.25, 0.3) is 0 Å². The van der Waals surface area contributed by atoms with E-state index >= 15 is 0 Å². The van der Waals surface area contributed by atoms with Crippen molar-refractivity contribution in [3.8, 4) is 0 Å². The molecule has 1 saturated carbocycles. The predicted octanol–water partition coefficient (Wildman–Crippen LogP) is 4.99. The molecule has 0 aliphatic heterocycles. The van der Waals surface area contributed by atoms with Crippen LogP contribution in [0.3, 0.4) is 0 Å². The van der Waals surface area contributed by atoms with Crippen LogP contribution in [-0.2, 0) is 20.7 Å². The van der Waals surface area contributed by atoms with Gasteiger partial charge in [0.25, 0.3) is 5.91 Å². The largest absolute Gasteiger partial charge is 0.480 e. The van der Waals surface area contributed by atoms with E-state index in [4.69, 9.17) is 27.9 Å². The Morgan fingerprint density at radius 3 is 2.36 bits per heavy atom. The van der Waals surface area contributed by atoms with Crippen molar-refractivity contribution in [2.45, 2.75) is 44.2 Å². The number of methoxy groups -OCH3 is 1. The third-order valence-electron chi connectivity index (χ3n) is 6.80. The molecule has 2 aliphatic carbocycles. The molecule has 36 heavy (non-hydrogen) atoms. The Labute approximate surface area is 226 Å². The summed E-state index contributed by atoms with van der Waals surface area (Å²) < 4.78 is 5.84. The smallest absolute Gasteiger partial charge is 0.326 e. The minimum Gasteiger partial charge on any atom is -0.480 e. The molecule has 1 unspecified atom stereocenters. The van der Waals surface area contributed by atoms with Crippen LogP contribution >= 0.6 is 39.1 Å². The number of rotatable bonds is 8. The van der Waals surface area contributed by atoms with Gasteiger partial charge in [-0.3, -0.25) is 14.6 Å². The van der Waals surface area contributed by atoms with Gasteiger partial charge in [0.15, 0.2) is 5.78 Å². The molecule has 1 heterocycles. The lowest BCUT2D eigenvalue weighted by atomic mass is 9.62. The number of ether oxygens (including phenoxy) is 1. The summed E-state index contributed by atoms with van der Waals surface area (Å²) in [5.74, 6) is -1.49. The Morgan fingerprint density at radius 1 is 1.19 bits per heavy atom. The first kappa shape index (κ1) is 26.6. The molecule has 2 aromatic rings. The molecule has 4 rings (SSSR count). The van der Waals surface area contributed by atoms with Gasteiger partial charge in [0.05, 0.1) is 31.6 Å². The summed E-state index contributed by atoms with van der Waals surface area (Å²) >= 11 is 15.4. The number of aliphatic carboxylic acids is 1. The molecular weight excluding hydrogens is 573 g/mol. The molecule has 1 atom stereocenters. The molecule has 190 valence electrons. The molecule has 1 spiro atoms. The summed E-state index contributed by atoms with van der Waals surface area (Å²) in [5, 5.41) is 16.0. The number of benzene rings is 1.